The average molecular weight is 579 g/mol. The third-order valence-corrected chi connectivity index (χ3v) is 8.02. The predicted octanol–water partition coefficient (Wildman–Crippen LogP) is 12.6. The van der Waals surface area contributed by atoms with Gasteiger partial charge in [-0.25, -0.2) is 9.59 Å². The number of carbonyl (C=O) groups is 2. The van der Waals surface area contributed by atoms with E-state index in [9.17, 15) is 9.59 Å². The average Bonchev–Trinajstić information content (AvgIpc) is 2.95. The van der Waals surface area contributed by atoms with Gasteiger partial charge in [0, 0.05) is 11.1 Å². The number of unbranched alkanes of at least 4 members (excludes halogenated alkanes) is 25. The molecule has 4 heteroatoms. The van der Waals surface area contributed by atoms with E-state index >= 15 is 0 Å². The summed E-state index contributed by atoms with van der Waals surface area (Å²) in [7, 11) is 0. The maximum atomic E-state index is 10.6. The van der Waals surface area contributed by atoms with Gasteiger partial charge in [0.1, 0.15) is 0 Å². The van der Waals surface area contributed by atoms with E-state index in [0.717, 1.165) is 25.7 Å². The van der Waals surface area contributed by atoms with Gasteiger partial charge in [-0.2, -0.15) is 0 Å². The Morgan fingerprint density at radius 3 is 0.707 bits per heavy atom. The van der Waals surface area contributed by atoms with Crippen molar-refractivity contribution >= 4 is 11.9 Å². The Morgan fingerprint density at radius 2 is 0.537 bits per heavy atom. The molecule has 0 unspecified atom stereocenters. The summed E-state index contributed by atoms with van der Waals surface area (Å²) in [5.41, 5.74) is 0.710. The summed E-state index contributed by atoms with van der Waals surface area (Å²) in [5, 5.41) is 17.4. The number of carboxylic acids is 2. The normalized spacial score (nSPS) is 10.7. The molecule has 0 fully saturated rings. The summed E-state index contributed by atoms with van der Waals surface area (Å²) in [6.07, 6.45) is 37.0. The molecule has 0 saturated heterocycles. The van der Waals surface area contributed by atoms with Crippen LogP contribution < -0.4 is 0 Å². The minimum absolute atomic E-state index is 0.355. The second-order valence-corrected chi connectivity index (χ2v) is 12.2. The molecule has 0 atom stereocenters. The van der Waals surface area contributed by atoms with Crippen molar-refractivity contribution in [3.05, 3.63) is 24.3 Å². The molecule has 0 aliphatic heterocycles. The first-order chi connectivity index (χ1) is 19.9. The molecule has 242 valence electrons. The summed E-state index contributed by atoms with van der Waals surface area (Å²) < 4.78 is 0. The summed E-state index contributed by atoms with van der Waals surface area (Å²) in [6, 6.07) is 0. The maximum Gasteiger partial charge on any atom is 0.330 e. The van der Waals surface area contributed by atoms with Gasteiger partial charge in [-0.05, 0) is 25.7 Å². The first kappa shape index (κ1) is 41.6. The standard InChI is InChI=1S/C19H36O2.C18H34O2/c1-3-4-5-6-7-8-9-10-11-12-13-14-15-16-17-18(2)19(20)21;1-3-4-5-6-7-8-9-10-11-12-13-14-15-16-17(2)18(19)20/h2-17H2,1H3,(H,20,21);2-16H2,1H3,(H,19,20). The first-order valence-electron chi connectivity index (χ1n) is 17.7. The SMILES string of the molecule is C=C(CCCCCCCCCCCCCCC)C(=O)O.C=C(CCCCCCCCCCCCCCCC)C(=O)O. The van der Waals surface area contributed by atoms with Crippen molar-refractivity contribution in [3.8, 4) is 0 Å². The van der Waals surface area contributed by atoms with Crippen molar-refractivity contribution in [3.63, 3.8) is 0 Å². The fourth-order valence-electron chi connectivity index (χ4n) is 5.10. The number of hydrogen-bond donors (Lipinski definition) is 2. The molecule has 41 heavy (non-hydrogen) atoms. The molecule has 0 rings (SSSR count). The van der Waals surface area contributed by atoms with Crippen molar-refractivity contribution in [2.75, 3.05) is 0 Å². The molecule has 0 aromatic heterocycles. The van der Waals surface area contributed by atoms with Crippen LogP contribution in [0, 0.1) is 0 Å². The molecule has 0 bridgehead atoms. The highest BCUT2D eigenvalue weighted by molar-refractivity contribution is 5.85. The van der Waals surface area contributed by atoms with E-state index in [0.29, 0.717) is 24.0 Å². The molecule has 0 aromatic carbocycles. The molecular weight excluding hydrogens is 508 g/mol. The highest BCUT2D eigenvalue weighted by Crippen LogP contribution is 2.15. The first-order valence-corrected chi connectivity index (χ1v) is 17.7. The van der Waals surface area contributed by atoms with Crippen LogP contribution in [-0.2, 0) is 9.59 Å². The zero-order valence-electron chi connectivity index (χ0n) is 27.6. The van der Waals surface area contributed by atoms with Crippen LogP contribution in [0.4, 0.5) is 0 Å². The Hall–Kier alpha value is -1.58. The van der Waals surface area contributed by atoms with E-state index in [2.05, 4.69) is 27.0 Å². The number of aliphatic carboxylic acids is 2. The van der Waals surface area contributed by atoms with Gasteiger partial charge in [-0.15, -0.1) is 0 Å². The van der Waals surface area contributed by atoms with E-state index in [1.807, 2.05) is 0 Å². The van der Waals surface area contributed by atoms with E-state index < -0.39 is 11.9 Å². The van der Waals surface area contributed by atoms with Crippen molar-refractivity contribution < 1.29 is 19.8 Å². The van der Waals surface area contributed by atoms with Gasteiger partial charge in [0.2, 0.25) is 0 Å². The fraction of sp³-hybridized carbons (Fsp3) is 0.838. The van der Waals surface area contributed by atoms with Gasteiger partial charge in [0.15, 0.2) is 0 Å². The van der Waals surface area contributed by atoms with Crippen LogP contribution in [0.3, 0.4) is 0 Å². The Morgan fingerprint density at radius 1 is 0.366 bits per heavy atom. The van der Waals surface area contributed by atoms with Gasteiger partial charge in [0.05, 0.1) is 0 Å². The van der Waals surface area contributed by atoms with Crippen LogP contribution in [0.15, 0.2) is 24.3 Å². The van der Waals surface area contributed by atoms with Crippen LogP contribution in [0.25, 0.3) is 0 Å². The van der Waals surface area contributed by atoms with Crippen molar-refractivity contribution in [1.82, 2.24) is 0 Å². The maximum absolute atomic E-state index is 10.6. The summed E-state index contributed by atoms with van der Waals surface area (Å²) in [4.78, 5) is 21.1. The van der Waals surface area contributed by atoms with E-state index in [1.54, 1.807) is 0 Å². The zero-order chi connectivity index (χ0) is 30.8. The Labute approximate surface area is 255 Å². The van der Waals surface area contributed by atoms with Gasteiger partial charge in [-0.1, -0.05) is 188 Å². The predicted molar refractivity (Wildman–Crippen MR) is 179 cm³/mol. The second-order valence-electron chi connectivity index (χ2n) is 12.2. The van der Waals surface area contributed by atoms with Gasteiger partial charge >= 0.3 is 11.9 Å². The number of carboxylic acid groups (broad SMARTS) is 2. The molecule has 0 amide bonds. The fourth-order valence-corrected chi connectivity index (χ4v) is 5.10. The largest absolute Gasteiger partial charge is 0.478 e. The Bertz CT molecular complexity index is 610. The van der Waals surface area contributed by atoms with E-state index in [-0.39, 0.29) is 0 Å². The smallest absolute Gasteiger partial charge is 0.330 e. The number of rotatable bonds is 31. The minimum Gasteiger partial charge on any atom is -0.478 e. The highest BCUT2D eigenvalue weighted by Gasteiger charge is 2.03. The van der Waals surface area contributed by atoms with E-state index in [4.69, 9.17) is 10.2 Å². The minimum atomic E-state index is -0.844. The summed E-state index contributed by atoms with van der Waals surface area (Å²) in [6.45, 7) is 11.6. The van der Waals surface area contributed by atoms with Crippen LogP contribution >= 0.6 is 0 Å². The molecule has 0 aliphatic rings. The number of hydrogen-bond acceptors (Lipinski definition) is 2. The monoisotopic (exact) mass is 579 g/mol. The molecule has 0 aromatic rings. The lowest BCUT2D eigenvalue weighted by atomic mass is 10.0. The van der Waals surface area contributed by atoms with Crippen LogP contribution in [0.2, 0.25) is 0 Å². The Kier molecular flexibility index (Phi) is 35.1. The molecular formula is C37H70O4. The lowest BCUT2D eigenvalue weighted by Gasteiger charge is -2.03. The van der Waals surface area contributed by atoms with Gasteiger partial charge < -0.3 is 10.2 Å². The lowest BCUT2D eigenvalue weighted by molar-refractivity contribution is -0.133. The quantitative estimate of drug-likeness (QED) is 0.0633. The van der Waals surface area contributed by atoms with Gasteiger partial charge in [-0.3, -0.25) is 0 Å². The van der Waals surface area contributed by atoms with Crippen molar-refractivity contribution in [1.29, 1.82) is 0 Å². The van der Waals surface area contributed by atoms with Gasteiger partial charge in [0.25, 0.3) is 0 Å². The molecule has 2 N–H and O–H groups in total. The summed E-state index contributed by atoms with van der Waals surface area (Å²) in [5.74, 6) is -1.69. The summed E-state index contributed by atoms with van der Waals surface area (Å²) >= 11 is 0. The molecule has 0 radical (unpaired) electrons. The van der Waals surface area contributed by atoms with Crippen molar-refractivity contribution in [2.45, 2.75) is 200 Å². The van der Waals surface area contributed by atoms with Crippen LogP contribution in [-0.4, -0.2) is 22.2 Å². The highest BCUT2D eigenvalue weighted by atomic mass is 16.4. The third-order valence-electron chi connectivity index (χ3n) is 8.02. The zero-order valence-corrected chi connectivity index (χ0v) is 27.6. The third kappa shape index (κ3) is 36.4. The Balaban J connectivity index is 0. The molecule has 0 heterocycles. The topological polar surface area (TPSA) is 74.6 Å². The molecule has 4 nitrogen and oxygen atoms in total. The van der Waals surface area contributed by atoms with Crippen LogP contribution in [0.1, 0.15) is 200 Å². The lowest BCUT2D eigenvalue weighted by Crippen LogP contribution is -1.98. The van der Waals surface area contributed by atoms with Crippen LogP contribution in [0.5, 0.6) is 0 Å². The molecule has 0 saturated carbocycles. The molecule has 0 spiro atoms. The molecule has 0 aliphatic carbocycles. The van der Waals surface area contributed by atoms with Crippen molar-refractivity contribution in [2.24, 2.45) is 0 Å². The second kappa shape index (κ2) is 34.6. The van der Waals surface area contributed by atoms with E-state index in [1.165, 1.54) is 148 Å².